The van der Waals surface area contributed by atoms with Crippen LogP contribution in [0.2, 0.25) is 0 Å². The Morgan fingerprint density at radius 3 is 2.46 bits per heavy atom. The number of carbonyl (C=O) groups is 2. The van der Waals surface area contributed by atoms with E-state index in [1.165, 1.54) is 5.56 Å². The van der Waals surface area contributed by atoms with Gasteiger partial charge in [-0.05, 0) is 63.3 Å². The molecule has 7 nitrogen and oxygen atoms in total. The molecule has 2 amide bonds. The lowest BCUT2D eigenvalue weighted by atomic mass is 9.94. The van der Waals surface area contributed by atoms with Crippen molar-refractivity contribution in [3.8, 4) is 33.2 Å². The van der Waals surface area contributed by atoms with Crippen LogP contribution in [0.5, 0.6) is 11.5 Å². The SMILES string of the molecule is COc1cc2c(cc1OC(C)C)-c1c(-c3cccs3)c3c(n1CC2)C(=O)N(C(C)C)CCN(C(C)=O)C3. The first-order chi connectivity index (χ1) is 17.7. The molecule has 2 aromatic heterocycles. The van der Waals surface area contributed by atoms with E-state index in [1.807, 2.05) is 43.6 Å². The predicted molar refractivity (Wildman–Crippen MR) is 146 cm³/mol. The highest BCUT2D eigenvalue weighted by Gasteiger charge is 2.37. The molecule has 3 aromatic rings. The summed E-state index contributed by atoms with van der Waals surface area (Å²) in [5.74, 6) is 1.46. The predicted octanol–water partition coefficient (Wildman–Crippen LogP) is 5.45. The molecule has 196 valence electrons. The van der Waals surface area contributed by atoms with Gasteiger partial charge in [-0.2, -0.15) is 0 Å². The summed E-state index contributed by atoms with van der Waals surface area (Å²) in [4.78, 5) is 31.7. The molecule has 0 N–H and O–H groups in total. The Balaban J connectivity index is 1.83. The van der Waals surface area contributed by atoms with E-state index in [0.29, 0.717) is 43.4 Å². The zero-order valence-corrected chi connectivity index (χ0v) is 23.3. The molecule has 0 fully saturated rings. The number of benzene rings is 1. The van der Waals surface area contributed by atoms with Gasteiger partial charge in [0.1, 0.15) is 5.69 Å². The van der Waals surface area contributed by atoms with Crippen molar-refractivity contribution in [3.63, 3.8) is 0 Å². The van der Waals surface area contributed by atoms with Crippen molar-refractivity contribution in [1.29, 1.82) is 0 Å². The molecular formula is C29H35N3O4S. The van der Waals surface area contributed by atoms with Gasteiger partial charge in [0.25, 0.3) is 5.91 Å². The van der Waals surface area contributed by atoms with Crippen molar-refractivity contribution < 1.29 is 19.1 Å². The van der Waals surface area contributed by atoms with Gasteiger partial charge in [-0.15, -0.1) is 11.3 Å². The molecular weight excluding hydrogens is 486 g/mol. The van der Waals surface area contributed by atoms with Crippen molar-refractivity contribution >= 4 is 23.2 Å². The van der Waals surface area contributed by atoms with Gasteiger partial charge in [0.05, 0.1) is 18.9 Å². The van der Waals surface area contributed by atoms with Crippen LogP contribution < -0.4 is 9.47 Å². The molecule has 37 heavy (non-hydrogen) atoms. The molecule has 2 aliphatic heterocycles. The second kappa shape index (κ2) is 9.89. The highest BCUT2D eigenvalue weighted by Crippen LogP contribution is 2.48. The summed E-state index contributed by atoms with van der Waals surface area (Å²) in [5.41, 5.74) is 5.91. The number of nitrogens with zero attached hydrogens (tertiary/aromatic N) is 3. The highest BCUT2D eigenvalue weighted by molar-refractivity contribution is 7.13. The number of methoxy groups -OCH3 is 1. The first-order valence-corrected chi connectivity index (χ1v) is 13.8. The van der Waals surface area contributed by atoms with Crippen molar-refractivity contribution in [1.82, 2.24) is 14.4 Å². The van der Waals surface area contributed by atoms with Gasteiger partial charge < -0.3 is 23.8 Å². The third-order valence-corrected chi connectivity index (χ3v) is 8.12. The Labute approximate surface area is 222 Å². The van der Waals surface area contributed by atoms with E-state index in [9.17, 15) is 9.59 Å². The van der Waals surface area contributed by atoms with Crippen LogP contribution in [0.1, 0.15) is 56.2 Å². The van der Waals surface area contributed by atoms with Gasteiger partial charge in [0, 0.05) is 60.7 Å². The van der Waals surface area contributed by atoms with E-state index in [4.69, 9.17) is 9.47 Å². The van der Waals surface area contributed by atoms with Crippen molar-refractivity contribution in [2.45, 2.75) is 66.3 Å². The third kappa shape index (κ3) is 4.41. The quantitative estimate of drug-likeness (QED) is 0.448. The number of amides is 2. The van der Waals surface area contributed by atoms with Gasteiger partial charge >= 0.3 is 0 Å². The van der Waals surface area contributed by atoms with Crippen LogP contribution in [0.4, 0.5) is 0 Å². The summed E-state index contributed by atoms with van der Waals surface area (Å²) in [6.45, 7) is 11.8. The van der Waals surface area contributed by atoms with E-state index < -0.39 is 0 Å². The van der Waals surface area contributed by atoms with Gasteiger partial charge in [0.15, 0.2) is 11.5 Å². The third-order valence-electron chi connectivity index (χ3n) is 7.24. The Kier molecular flexibility index (Phi) is 6.79. The number of rotatable bonds is 5. The van der Waals surface area contributed by atoms with Gasteiger partial charge in [-0.3, -0.25) is 9.59 Å². The molecule has 8 heteroatoms. The number of ether oxygens (including phenoxy) is 2. The summed E-state index contributed by atoms with van der Waals surface area (Å²) in [7, 11) is 1.67. The monoisotopic (exact) mass is 521 g/mol. The van der Waals surface area contributed by atoms with Crippen LogP contribution in [-0.4, -0.2) is 58.5 Å². The topological polar surface area (TPSA) is 64.0 Å². The fraction of sp³-hybridized carbons (Fsp3) is 0.448. The van der Waals surface area contributed by atoms with E-state index in [1.54, 1.807) is 25.4 Å². The lowest BCUT2D eigenvalue weighted by molar-refractivity contribution is -0.129. The Morgan fingerprint density at radius 2 is 1.84 bits per heavy atom. The number of thiophene rings is 1. The number of aryl methyl sites for hydroxylation is 1. The zero-order valence-electron chi connectivity index (χ0n) is 22.5. The summed E-state index contributed by atoms with van der Waals surface area (Å²) >= 11 is 1.66. The average Bonchev–Trinajstić information content (AvgIpc) is 3.46. The van der Waals surface area contributed by atoms with Crippen molar-refractivity contribution in [2.75, 3.05) is 20.2 Å². The summed E-state index contributed by atoms with van der Waals surface area (Å²) in [6, 6.07) is 8.30. The zero-order chi connectivity index (χ0) is 26.4. The summed E-state index contributed by atoms with van der Waals surface area (Å²) in [6.07, 6.45) is 0.765. The molecule has 4 heterocycles. The molecule has 0 saturated heterocycles. The minimum Gasteiger partial charge on any atom is -0.493 e. The van der Waals surface area contributed by atoms with Crippen LogP contribution >= 0.6 is 11.3 Å². The Hall–Kier alpha value is -3.26. The minimum atomic E-state index is -0.00961. The number of fused-ring (bicyclic) bond motifs is 5. The highest BCUT2D eigenvalue weighted by atomic mass is 32.1. The molecule has 0 saturated carbocycles. The fourth-order valence-corrected chi connectivity index (χ4v) is 6.32. The maximum Gasteiger partial charge on any atom is 0.271 e. The first kappa shape index (κ1) is 25.4. The standard InChI is InChI=1S/C29H35N3O4S/c1-17(2)31-12-11-30(19(5)33)16-22-26(25-8-7-13-37-25)27-21-15-24(36-18(3)4)23(35-6)14-20(21)9-10-32(27)28(22)29(31)34/h7-8,13-15,17-18H,9-12,16H2,1-6H3. The molecule has 0 aliphatic carbocycles. The van der Waals surface area contributed by atoms with Crippen LogP contribution in [0.3, 0.4) is 0 Å². The van der Waals surface area contributed by atoms with Crippen LogP contribution in [-0.2, 0) is 24.3 Å². The van der Waals surface area contributed by atoms with Crippen molar-refractivity contribution in [3.05, 3.63) is 46.5 Å². The second-order valence-corrected chi connectivity index (χ2v) is 11.2. The molecule has 0 atom stereocenters. The molecule has 1 aromatic carbocycles. The molecule has 5 rings (SSSR count). The Bertz CT molecular complexity index is 1340. The van der Waals surface area contributed by atoms with Gasteiger partial charge in [-0.1, -0.05) is 6.07 Å². The molecule has 2 aliphatic rings. The van der Waals surface area contributed by atoms with Crippen LogP contribution in [0, 0.1) is 0 Å². The first-order valence-electron chi connectivity index (χ1n) is 12.9. The largest absolute Gasteiger partial charge is 0.493 e. The number of hydrogen-bond acceptors (Lipinski definition) is 5. The van der Waals surface area contributed by atoms with E-state index in [0.717, 1.165) is 33.7 Å². The lowest BCUT2D eigenvalue weighted by Crippen LogP contribution is -2.46. The van der Waals surface area contributed by atoms with Crippen molar-refractivity contribution in [2.24, 2.45) is 0 Å². The van der Waals surface area contributed by atoms with E-state index in [-0.39, 0.29) is 24.0 Å². The molecule has 0 spiro atoms. The smallest absolute Gasteiger partial charge is 0.271 e. The molecule has 0 radical (unpaired) electrons. The summed E-state index contributed by atoms with van der Waals surface area (Å²) in [5, 5.41) is 2.06. The molecule has 0 unspecified atom stereocenters. The Morgan fingerprint density at radius 1 is 1.05 bits per heavy atom. The number of carbonyl (C=O) groups excluding carboxylic acids is 2. The lowest BCUT2D eigenvalue weighted by Gasteiger charge is -2.34. The maximum atomic E-state index is 14.1. The normalized spacial score (nSPS) is 15.3. The fourth-order valence-electron chi connectivity index (χ4n) is 5.52. The van der Waals surface area contributed by atoms with Gasteiger partial charge in [0.2, 0.25) is 5.91 Å². The maximum absolute atomic E-state index is 14.1. The van der Waals surface area contributed by atoms with Crippen LogP contribution in [0.25, 0.3) is 21.7 Å². The second-order valence-electron chi connectivity index (χ2n) is 10.3. The number of hydrogen-bond donors (Lipinski definition) is 0. The molecule has 0 bridgehead atoms. The summed E-state index contributed by atoms with van der Waals surface area (Å²) < 4.78 is 14.0. The van der Waals surface area contributed by atoms with E-state index >= 15 is 0 Å². The average molecular weight is 522 g/mol. The van der Waals surface area contributed by atoms with E-state index in [2.05, 4.69) is 28.1 Å². The van der Waals surface area contributed by atoms with Crippen LogP contribution in [0.15, 0.2) is 29.6 Å². The van der Waals surface area contributed by atoms with Gasteiger partial charge in [-0.25, -0.2) is 0 Å². The minimum absolute atomic E-state index is 0.00961. The number of aromatic nitrogens is 1.